The molecule has 2 aromatic rings. The molecule has 0 atom stereocenters. The Morgan fingerprint density at radius 1 is 1.50 bits per heavy atom. The fourth-order valence-electron chi connectivity index (χ4n) is 1.49. The molecule has 1 heterocycles. The van der Waals surface area contributed by atoms with Gasteiger partial charge in [0, 0.05) is 11.1 Å². The lowest BCUT2D eigenvalue weighted by Gasteiger charge is -2.04. The van der Waals surface area contributed by atoms with Crippen molar-refractivity contribution in [1.82, 2.24) is 20.5 Å². The number of aromatic amines is 1. The first kappa shape index (κ1) is 14.1. The van der Waals surface area contributed by atoms with E-state index in [4.69, 9.17) is 17.3 Å². The Labute approximate surface area is 120 Å². The molecule has 4 N–H and O–H groups in total. The van der Waals surface area contributed by atoms with Crippen LogP contribution in [0, 0.1) is 11.8 Å². The molecule has 0 spiro atoms. The van der Waals surface area contributed by atoms with Crippen LogP contribution in [0.25, 0.3) is 0 Å². The Hall–Kier alpha value is -2.36. The molecule has 0 radical (unpaired) electrons. The summed E-state index contributed by atoms with van der Waals surface area (Å²) in [6, 6.07) is 4.91. The second kappa shape index (κ2) is 6.70. The van der Waals surface area contributed by atoms with Gasteiger partial charge in [0.15, 0.2) is 0 Å². The van der Waals surface area contributed by atoms with E-state index in [1.165, 1.54) is 6.33 Å². The van der Waals surface area contributed by atoms with E-state index in [1.807, 2.05) is 0 Å². The van der Waals surface area contributed by atoms with Gasteiger partial charge in [0.05, 0.1) is 18.1 Å². The second-order valence-electron chi connectivity index (χ2n) is 3.82. The van der Waals surface area contributed by atoms with E-state index < -0.39 is 0 Å². The van der Waals surface area contributed by atoms with Gasteiger partial charge in [-0.15, -0.1) is 0 Å². The quantitative estimate of drug-likeness (QED) is 0.725. The zero-order valence-corrected chi connectivity index (χ0v) is 11.2. The lowest BCUT2D eigenvalue weighted by Crippen LogP contribution is -2.23. The smallest absolute Gasteiger partial charge is 0.251 e. The van der Waals surface area contributed by atoms with E-state index in [-0.39, 0.29) is 19.0 Å². The first-order chi connectivity index (χ1) is 9.70. The normalized spacial score (nSPS) is 9.70. The predicted octanol–water partition coefficient (Wildman–Crippen LogP) is 0.698. The van der Waals surface area contributed by atoms with Crippen molar-refractivity contribution in [1.29, 1.82) is 0 Å². The number of nitrogens with zero attached hydrogens (tertiary/aromatic N) is 2. The van der Waals surface area contributed by atoms with Crippen molar-refractivity contribution in [2.45, 2.75) is 6.54 Å². The third-order valence-electron chi connectivity index (χ3n) is 2.44. The number of carbonyl (C=O) groups is 1. The molecule has 0 unspecified atom stereocenters. The minimum atomic E-state index is -0.248. The minimum Gasteiger partial charge on any atom is -0.345 e. The summed E-state index contributed by atoms with van der Waals surface area (Å²) in [5.41, 5.74) is 6.39. The third-order valence-corrected chi connectivity index (χ3v) is 2.75. The van der Waals surface area contributed by atoms with Gasteiger partial charge in [-0.25, -0.2) is 4.98 Å². The molecule has 1 aromatic heterocycles. The van der Waals surface area contributed by atoms with E-state index in [1.54, 1.807) is 18.2 Å². The molecule has 0 aliphatic carbocycles. The zero-order valence-electron chi connectivity index (χ0n) is 10.5. The van der Waals surface area contributed by atoms with Crippen LogP contribution in [-0.4, -0.2) is 27.6 Å². The Morgan fingerprint density at radius 2 is 2.35 bits per heavy atom. The number of amides is 1. The van der Waals surface area contributed by atoms with Crippen molar-refractivity contribution < 1.29 is 4.79 Å². The fraction of sp³-hybridized carbons (Fsp3) is 0.154. The van der Waals surface area contributed by atoms with Crippen LogP contribution in [0.1, 0.15) is 21.7 Å². The van der Waals surface area contributed by atoms with Crippen molar-refractivity contribution in [3.05, 3.63) is 46.5 Å². The molecule has 7 heteroatoms. The van der Waals surface area contributed by atoms with Crippen LogP contribution in [-0.2, 0) is 6.54 Å². The van der Waals surface area contributed by atoms with E-state index in [0.717, 1.165) is 0 Å². The van der Waals surface area contributed by atoms with Crippen molar-refractivity contribution >= 4 is 17.5 Å². The summed E-state index contributed by atoms with van der Waals surface area (Å²) >= 11 is 6.06. The topological polar surface area (TPSA) is 96.7 Å². The number of hydrogen-bond donors (Lipinski definition) is 3. The molecule has 0 bridgehead atoms. The molecule has 20 heavy (non-hydrogen) atoms. The zero-order chi connectivity index (χ0) is 14.4. The summed E-state index contributed by atoms with van der Waals surface area (Å²) in [7, 11) is 0. The molecule has 0 aliphatic heterocycles. The van der Waals surface area contributed by atoms with Crippen molar-refractivity contribution in [2.24, 2.45) is 5.73 Å². The van der Waals surface area contributed by atoms with Gasteiger partial charge in [-0.05, 0) is 18.2 Å². The van der Waals surface area contributed by atoms with E-state index in [2.05, 4.69) is 32.3 Å². The summed E-state index contributed by atoms with van der Waals surface area (Å²) in [6.07, 6.45) is 1.38. The van der Waals surface area contributed by atoms with Crippen LogP contribution in [0.3, 0.4) is 0 Å². The van der Waals surface area contributed by atoms with E-state index in [0.29, 0.717) is 22.0 Å². The van der Waals surface area contributed by atoms with Gasteiger partial charge in [-0.3, -0.25) is 9.89 Å². The number of rotatable bonds is 3. The third kappa shape index (κ3) is 3.57. The van der Waals surface area contributed by atoms with Gasteiger partial charge in [0.1, 0.15) is 12.2 Å². The molecule has 1 aromatic carbocycles. The van der Waals surface area contributed by atoms with Crippen molar-refractivity contribution in [2.75, 3.05) is 6.54 Å². The number of hydrogen-bond acceptors (Lipinski definition) is 4. The van der Waals surface area contributed by atoms with Crippen LogP contribution in [0.2, 0.25) is 5.02 Å². The number of aromatic nitrogens is 3. The van der Waals surface area contributed by atoms with Gasteiger partial charge in [0.2, 0.25) is 0 Å². The summed E-state index contributed by atoms with van der Waals surface area (Å²) in [5.74, 6) is 5.87. The Balaban J connectivity index is 2.05. The Bertz CT molecular complexity index is 657. The number of halogens is 1. The van der Waals surface area contributed by atoms with E-state index >= 15 is 0 Å². The van der Waals surface area contributed by atoms with Gasteiger partial charge in [-0.1, -0.05) is 23.4 Å². The predicted molar refractivity (Wildman–Crippen MR) is 74.9 cm³/mol. The minimum absolute atomic E-state index is 0.248. The van der Waals surface area contributed by atoms with Gasteiger partial charge >= 0.3 is 0 Å². The summed E-state index contributed by atoms with van der Waals surface area (Å²) < 4.78 is 0. The molecule has 0 saturated carbocycles. The van der Waals surface area contributed by atoms with Crippen LogP contribution in [0.15, 0.2) is 24.5 Å². The fourth-order valence-corrected chi connectivity index (χ4v) is 1.71. The maximum Gasteiger partial charge on any atom is 0.251 e. The molecular weight excluding hydrogens is 278 g/mol. The number of nitrogens with two attached hydrogens (primary N) is 1. The maximum absolute atomic E-state index is 11.9. The molecule has 0 fully saturated rings. The number of benzene rings is 1. The highest BCUT2D eigenvalue weighted by Crippen LogP contribution is 2.17. The maximum atomic E-state index is 11.9. The van der Waals surface area contributed by atoms with Gasteiger partial charge in [0.25, 0.3) is 5.91 Å². The molecule has 2 rings (SSSR count). The van der Waals surface area contributed by atoms with Gasteiger partial charge in [-0.2, -0.15) is 5.10 Å². The SMILES string of the molecule is NCC#Cc1ccc(C(=O)NCc2ncn[nH]2)cc1Cl. The summed E-state index contributed by atoms with van der Waals surface area (Å²) in [5, 5.41) is 9.47. The summed E-state index contributed by atoms with van der Waals surface area (Å²) in [4.78, 5) is 15.8. The average Bonchev–Trinajstić information content (AvgIpc) is 2.96. The highest BCUT2D eigenvalue weighted by atomic mass is 35.5. The highest BCUT2D eigenvalue weighted by Gasteiger charge is 2.08. The second-order valence-corrected chi connectivity index (χ2v) is 4.22. The summed E-state index contributed by atoms with van der Waals surface area (Å²) in [6.45, 7) is 0.529. The highest BCUT2D eigenvalue weighted by molar-refractivity contribution is 6.32. The molecule has 1 amide bonds. The monoisotopic (exact) mass is 289 g/mol. The molecule has 6 nitrogen and oxygen atoms in total. The van der Waals surface area contributed by atoms with Gasteiger partial charge < -0.3 is 11.1 Å². The molecule has 0 saturated heterocycles. The first-order valence-electron chi connectivity index (χ1n) is 5.81. The lowest BCUT2D eigenvalue weighted by molar-refractivity contribution is 0.0950. The molecule has 0 aliphatic rings. The Kier molecular flexibility index (Phi) is 4.71. The van der Waals surface area contributed by atoms with Crippen LogP contribution in [0.5, 0.6) is 0 Å². The average molecular weight is 290 g/mol. The van der Waals surface area contributed by atoms with Crippen LogP contribution < -0.4 is 11.1 Å². The number of nitrogens with one attached hydrogen (secondary N) is 2. The van der Waals surface area contributed by atoms with E-state index in [9.17, 15) is 4.79 Å². The molecule has 102 valence electrons. The molecular formula is C13H12ClN5O. The van der Waals surface area contributed by atoms with Crippen molar-refractivity contribution in [3.63, 3.8) is 0 Å². The lowest BCUT2D eigenvalue weighted by atomic mass is 10.1. The Morgan fingerprint density at radius 3 is 3.00 bits per heavy atom. The van der Waals surface area contributed by atoms with Crippen LogP contribution in [0.4, 0.5) is 0 Å². The van der Waals surface area contributed by atoms with Crippen molar-refractivity contribution in [3.8, 4) is 11.8 Å². The number of carbonyl (C=O) groups excluding carboxylic acids is 1. The largest absolute Gasteiger partial charge is 0.345 e. The first-order valence-corrected chi connectivity index (χ1v) is 6.19. The number of H-pyrrole nitrogens is 1. The standard InChI is InChI=1S/C13H12ClN5O/c14-11-6-10(4-3-9(11)2-1-5-15)13(20)16-7-12-17-8-18-19-12/h3-4,6,8H,5,7,15H2,(H,16,20)(H,17,18,19). The van der Waals surface area contributed by atoms with Crippen LogP contribution >= 0.6 is 11.6 Å².